The van der Waals surface area contributed by atoms with Gasteiger partial charge in [0.25, 0.3) is 0 Å². The SMILES string of the molecule is NC(=O)CCC(NC(=O)C(Cc1c[nH]c2ccccc12)NC(=O)C1CCCN1)C(=O)NC(CC(N)=O)C(=O)O. The van der Waals surface area contributed by atoms with Crippen LogP contribution in [0.4, 0.5) is 0 Å². The van der Waals surface area contributed by atoms with Gasteiger partial charge < -0.3 is 42.8 Å². The molecule has 5 amide bonds. The summed E-state index contributed by atoms with van der Waals surface area (Å²) in [7, 11) is 0. The lowest BCUT2D eigenvalue weighted by Gasteiger charge is -2.25. The lowest BCUT2D eigenvalue weighted by molar-refractivity contribution is -0.144. The van der Waals surface area contributed by atoms with Crippen LogP contribution in [0.3, 0.4) is 0 Å². The zero-order valence-electron chi connectivity index (χ0n) is 21.2. The summed E-state index contributed by atoms with van der Waals surface area (Å²) in [5.41, 5.74) is 11.9. The summed E-state index contributed by atoms with van der Waals surface area (Å²) in [6.45, 7) is 0.669. The largest absolute Gasteiger partial charge is 0.480 e. The van der Waals surface area contributed by atoms with Gasteiger partial charge in [0.2, 0.25) is 29.5 Å². The fourth-order valence-corrected chi connectivity index (χ4v) is 4.41. The van der Waals surface area contributed by atoms with Gasteiger partial charge in [0.15, 0.2) is 0 Å². The maximum Gasteiger partial charge on any atom is 0.326 e. The topological polar surface area (TPSA) is 239 Å². The van der Waals surface area contributed by atoms with Crippen molar-refractivity contribution in [3.05, 3.63) is 36.0 Å². The average molecular weight is 544 g/mol. The second-order valence-corrected chi connectivity index (χ2v) is 9.41. The van der Waals surface area contributed by atoms with E-state index in [2.05, 4.69) is 26.3 Å². The monoisotopic (exact) mass is 543 g/mol. The number of benzene rings is 1. The van der Waals surface area contributed by atoms with E-state index in [1.165, 1.54) is 0 Å². The molecule has 1 aliphatic rings. The molecule has 10 N–H and O–H groups in total. The summed E-state index contributed by atoms with van der Waals surface area (Å²) < 4.78 is 0. The summed E-state index contributed by atoms with van der Waals surface area (Å²) in [6.07, 6.45) is 2.01. The molecule has 4 unspecified atom stereocenters. The van der Waals surface area contributed by atoms with E-state index in [-0.39, 0.29) is 25.2 Å². The number of hydrogen-bond donors (Lipinski definition) is 8. The third kappa shape index (κ3) is 8.26. The smallest absolute Gasteiger partial charge is 0.326 e. The Morgan fingerprint density at radius 3 is 2.28 bits per heavy atom. The number of carboxylic acids is 1. The quantitative estimate of drug-likeness (QED) is 0.134. The van der Waals surface area contributed by atoms with Crippen LogP contribution in [0.5, 0.6) is 0 Å². The molecule has 0 saturated carbocycles. The molecule has 14 heteroatoms. The number of H-pyrrole nitrogens is 1. The van der Waals surface area contributed by atoms with Crippen molar-refractivity contribution in [2.45, 2.75) is 62.7 Å². The number of rotatable bonds is 14. The molecule has 2 aromatic rings. The number of hydrogen-bond acceptors (Lipinski definition) is 7. The second-order valence-electron chi connectivity index (χ2n) is 9.41. The maximum absolute atomic E-state index is 13.5. The van der Waals surface area contributed by atoms with Crippen LogP contribution in [0.2, 0.25) is 0 Å². The Morgan fingerprint density at radius 1 is 0.949 bits per heavy atom. The number of carbonyl (C=O) groups excluding carboxylic acids is 5. The molecule has 1 aromatic heterocycles. The normalized spacial score (nSPS) is 17.1. The number of primary amides is 2. The Hall–Kier alpha value is -4.46. The summed E-state index contributed by atoms with van der Waals surface area (Å²) >= 11 is 0. The Morgan fingerprint density at radius 2 is 1.64 bits per heavy atom. The molecule has 1 aromatic carbocycles. The first-order chi connectivity index (χ1) is 18.5. The van der Waals surface area contributed by atoms with Gasteiger partial charge in [-0.3, -0.25) is 24.0 Å². The Kier molecular flexibility index (Phi) is 9.98. The van der Waals surface area contributed by atoms with Gasteiger partial charge in [-0.05, 0) is 37.4 Å². The molecule has 0 aliphatic carbocycles. The summed E-state index contributed by atoms with van der Waals surface area (Å²) in [4.78, 5) is 76.5. The van der Waals surface area contributed by atoms with Crippen LogP contribution in [0.25, 0.3) is 10.9 Å². The first-order valence-corrected chi connectivity index (χ1v) is 12.5. The minimum absolute atomic E-state index is 0.0812. The van der Waals surface area contributed by atoms with Crippen LogP contribution >= 0.6 is 0 Å². The maximum atomic E-state index is 13.5. The van der Waals surface area contributed by atoms with Crippen LogP contribution in [-0.2, 0) is 35.2 Å². The molecule has 14 nitrogen and oxygen atoms in total. The molecule has 0 radical (unpaired) electrons. The third-order valence-corrected chi connectivity index (χ3v) is 6.44. The first-order valence-electron chi connectivity index (χ1n) is 12.5. The highest BCUT2D eigenvalue weighted by Crippen LogP contribution is 2.19. The highest BCUT2D eigenvalue weighted by atomic mass is 16.4. The van der Waals surface area contributed by atoms with Crippen LogP contribution in [0.15, 0.2) is 30.5 Å². The van der Waals surface area contributed by atoms with Crippen molar-refractivity contribution in [3.63, 3.8) is 0 Å². The molecule has 1 aliphatic heterocycles. The summed E-state index contributed by atoms with van der Waals surface area (Å²) in [6, 6.07) is 2.82. The van der Waals surface area contributed by atoms with Crippen molar-refractivity contribution in [1.82, 2.24) is 26.3 Å². The number of amides is 5. The zero-order chi connectivity index (χ0) is 28.5. The Labute approximate surface area is 223 Å². The van der Waals surface area contributed by atoms with Crippen molar-refractivity contribution >= 4 is 46.4 Å². The number of nitrogens with two attached hydrogens (primary N) is 2. The van der Waals surface area contributed by atoms with Gasteiger partial charge in [-0.25, -0.2) is 4.79 Å². The van der Waals surface area contributed by atoms with Gasteiger partial charge in [0.05, 0.1) is 12.5 Å². The molecule has 0 bridgehead atoms. The van der Waals surface area contributed by atoms with Gasteiger partial charge >= 0.3 is 5.97 Å². The Bertz CT molecular complexity index is 1240. The van der Waals surface area contributed by atoms with E-state index in [4.69, 9.17) is 11.5 Å². The average Bonchev–Trinajstić information content (AvgIpc) is 3.56. The molecule has 39 heavy (non-hydrogen) atoms. The predicted octanol–water partition coefficient (Wildman–Crippen LogP) is -1.86. The number of para-hydroxylation sites is 1. The minimum Gasteiger partial charge on any atom is -0.480 e. The van der Waals surface area contributed by atoms with Crippen molar-refractivity contribution in [3.8, 4) is 0 Å². The highest BCUT2D eigenvalue weighted by Gasteiger charge is 2.32. The molecular weight excluding hydrogens is 510 g/mol. The fourth-order valence-electron chi connectivity index (χ4n) is 4.41. The van der Waals surface area contributed by atoms with Crippen molar-refractivity contribution in [2.24, 2.45) is 11.5 Å². The number of aliphatic carboxylic acids is 1. The van der Waals surface area contributed by atoms with E-state index in [0.29, 0.717) is 13.0 Å². The van der Waals surface area contributed by atoms with Gasteiger partial charge in [-0.15, -0.1) is 0 Å². The number of nitrogens with one attached hydrogen (secondary N) is 5. The fraction of sp³-hybridized carbons (Fsp3) is 0.440. The third-order valence-electron chi connectivity index (χ3n) is 6.44. The molecule has 4 atom stereocenters. The number of carboxylic acid groups (broad SMARTS) is 1. The standard InChI is InChI=1S/C25H33N7O7/c26-20(33)8-7-17(23(36)32-19(25(38)39)11-21(27)34)30-24(37)18(31-22(35)16-6-3-9-28-16)10-13-12-29-15-5-2-1-4-14(13)15/h1-2,4-5,12,16-19,28-29H,3,6-11H2,(H2,26,33)(H2,27,34)(H,30,37)(H,31,35)(H,32,36)(H,38,39). The summed E-state index contributed by atoms with van der Waals surface area (Å²) in [5, 5.41) is 20.7. The van der Waals surface area contributed by atoms with Gasteiger partial charge in [0.1, 0.15) is 18.1 Å². The molecule has 210 valence electrons. The highest BCUT2D eigenvalue weighted by molar-refractivity contribution is 5.95. The number of fused-ring (bicyclic) bond motifs is 1. The molecule has 1 saturated heterocycles. The van der Waals surface area contributed by atoms with E-state index in [1.54, 1.807) is 6.20 Å². The van der Waals surface area contributed by atoms with Gasteiger partial charge in [0, 0.05) is 29.9 Å². The predicted molar refractivity (Wildman–Crippen MR) is 139 cm³/mol. The molecule has 1 fully saturated rings. The minimum atomic E-state index is -1.64. The van der Waals surface area contributed by atoms with E-state index in [0.717, 1.165) is 22.9 Å². The van der Waals surface area contributed by atoms with Crippen LogP contribution in [0, 0.1) is 0 Å². The van der Waals surface area contributed by atoms with E-state index in [1.807, 2.05) is 24.3 Å². The molecular formula is C25H33N7O7. The molecule has 0 spiro atoms. The number of aromatic amines is 1. The number of carbonyl (C=O) groups is 6. The Balaban J connectivity index is 1.82. The van der Waals surface area contributed by atoms with E-state index in [9.17, 15) is 33.9 Å². The second kappa shape index (κ2) is 13.4. The van der Waals surface area contributed by atoms with Crippen molar-refractivity contribution in [2.75, 3.05) is 6.54 Å². The first kappa shape index (κ1) is 29.1. The zero-order valence-corrected chi connectivity index (χ0v) is 21.2. The van der Waals surface area contributed by atoms with Crippen LogP contribution < -0.4 is 32.7 Å². The van der Waals surface area contributed by atoms with E-state index >= 15 is 0 Å². The van der Waals surface area contributed by atoms with Gasteiger partial charge in [-0.2, -0.15) is 0 Å². The van der Waals surface area contributed by atoms with E-state index < -0.39 is 60.2 Å². The summed E-state index contributed by atoms with van der Waals surface area (Å²) in [5.74, 6) is -5.26. The molecule has 3 rings (SSSR count). The number of aromatic nitrogens is 1. The lowest BCUT2D eigenvalue weighted by atomic mass is 10.0. The van der Waals surface area contributed by atoms with Crippen molar-refractivity contribution < 1.29 is 33.9 Å². The van der Waals surface area contributed by atoms with Gasteiger partial charge in [-0.1, -0.05) is 18.2 Å². The van der Waals surface area contributed by atoms with Crippen molar-refractivity contribution in [1.29, 1.82) is 0 Å². The van der Waals surface area contributed by atoms with Crippen LogP contribution in [0.1, 0.15) is 37.7 Å². The molecule has 2 heterocycles. The lowest BCUT2D eigenvalue weighted by Crippen LogP contribution is -2.57. The van der Waals surface area contributed by atoms with Crippen LogP contribution in [-0.4, -0.2) is 76.3 Å².